The molecule has 0 bridgehead atoms. The zero-order valence-electron chi connectivity index (χ0n) is 11.4. The first kappa shape index (κ1) is 14.9. The Morgan fingerprint density at radius 2 is 1.90 bits per heavy atom. The molecule has 0 aliphatic carbocycles. The number of likely N-dealkylation sites (N-methyl/N-ethyl adjacent to an activating group) is 1. The van der Waals surface area contributed by atoms with Crippen LogP contribution in [-0.4, -0.2) is 7.05 Å². The number of hydrogen-bond acceptors (Lipinski definition) is 1. The van der Waals surface area contributed by atoms with Gasteiger partial charge >= 0.3 is 0 Å². The Hall–Kier alpha value is -1.45. The van der Waals surface area contributed by atoms with Gasteiger partial charge in [0.2, 0.25) is 0 Å². The lowest BCUT2D eigenvalue weighted by atomic mass is 9.97. The summed E-state index contributed by atoms with van der Waals surface area (Å²) in [6.45, 7) is 1.84. The van der Waals surface area contributed by atoms with E-state index in [4.69, 9.17) is 11.6 Å². The first-order chi connectivity index (χ1) is 9.51. The third-order valence-corrected chi connectivity index (χ3v) is 3.68. The van der Waals surface area contributed by atoms with Gasteiger partial charge in [0.25, 0.3) is 0 Å². The van der Waals surface area contributed by atoms with Gasteiger partial charge in [0.15, 0.2) is 0 Å². The number of aryl methyl sites for hydroxylation is 1. The van der Waals surface area contributed by atoms with Gasteiger partial charge in [0.1, 0.15) is 11.6 Å². The molecule has 1 unspecified atom stereocenters. The van der Waals surface area contributed by atoms with Crippen molar-refractivity contribution >= 4 is 11.6 Å². The molecule has 4 heteroatoms. The molecule has 20 heavy (non-hydrogen) atoms. The summed E-state index contributed by atoms with van der Waals surface area (Å²) in [5, 5.41) is 3.54. The standard InChI is InChI=1S/C16H16ClF2N/c1-10-3-5-13(15(19)7-10)16(20-2)9-11-8-12(18)4-6-14(11)17/h3-8,16,20H,9H2,1-2H3. The largest absolute Gasteiger partial charge is 0.313 e. The summed E-state index contributed by atoms with van der Waals surface area (Å²) in [7, 11) is 1.75. The van der Waals surface area contributed by atoms with E-state index in [1.807, 2.05) is 13.0 Å². The van der Waals surface area contributed by atoms with Crippen LogP contribution in [0.15, 0.2) is 36.4 Å². The summed E-state index contributed by atoms with van der Waals surface area (Å²) in [6.07, 6.45) is 0.424. The van der Waals surface area contributed by atoms with Gasteiger partial charge in [-0.15, -0.1) is 0 Å². The monoisotopic (exact) mass is 295 g/mol. The van der Waals surface area contributed by atoms with Crippen molar-refractivity contribution in [3.63, 3.8) is 0 Å². The molecule has 0 fully saturated rings. The normalized spacial score (nSPS) is 12.4. The van der Waals surface area contributed by atoms with Crippen molar-refractivity contribution in [3.05, 3.63) is 69.7 Å². The number of nitrogens with one attached hydrogen (secondary N) is 1. The van der Waals surface area contributed by atoms with E-state index < -0.39 is 0 Å². The maximum absolute atomic E-state index is 14.0. The summed E-state index contributed by atoms with van der Waals surface area (Å²) in [5.74, 6) is -0.611. The second kappa shape index (κ2) is 6.33. The fourth-order valence-electron chi connectivity index (χ4n) is 2.20. The minimum Gasteiger partial charge on any atom is -0.313 e. The average molecular weight is 296 g/mol. The van der Waals surface area contributed by atoms with Crippen LogP contribution < -0.4 is 5.32 Å². The Labute approximate surface area is 122 Å². The van der Waals surface area contributed by atoms with E-state index in [1.54, 1.807) is 13.1 Å². The van der Waals surface area contributed by atoms with E-state index in [1.165, 1.54) is 24.3 Å². The minimum atomic E-state index is -0.344. The second-order valence-corrected chi connectivity index (χ2v) is 5.21. The molecular weight excluding hydrogens is 280 g/mol. The molecule has 0 heterocycles. The van der Waals surface area contributed by atoms with Gasteiger partial charge in [0.05, 0.1) is 0 Å². The Bertz CT molecular complexity index is 613. The molecule has 1 atom stereocenters. The molecule has 1 N–H and O–H groups in total. The SMILES string of the molecule is CNC(Cc1cc(F)ccc1Cl)c1ccc(C)cc1F. The van der Waals surface area contributed by atoms with Crippen molar-refractivity contribution in [3.8, 4) is 0 Å². The van der Waals surface area contributed by atoms with E-state index in [0.717, 1.165) is 5.56 Å². The Morgan fingerprint density at radius 1 is 1.15 bits per heavy atom. The topological polar surface area (TPSA) is 12.0 Å². The third-order valence-electron chi connectivity index (χ3n) is 3.31. The highest BCUT2D eigenvalue weighted by atomic mass is 35.5. The summed E-state index contributed by atoms with van der Waals surface area (Å²) in [6, 6.07) is 9.06. The zero-order valence-corrected chi connectivity index (χ0v) is 12.1. The fourth-order valence-corrected chi connectivity index (χ4v) is 2.40. The highest BCUT2D eigenvalue weighted by Crippen LogP contribution is 2.26. The maximum Gasteiger partial charge on any atom is 0.128 e. The zero-order chi connectivity index (χ0) is 14.7. The summed E-state index contributed by atoms with van der Waals surface area (Å²) >= 11 is 6.06. The highest BCUT2D eigenvalue weighted by molar-refractivity contribution is 6.31. The van der Waals surface area contributed by atoms with Gasteiger partial charge in [-0.2, -0.15) is 0 Å². The number of benzene rings is 2. The van der Waals surface area contributed by atoms with Crippen molar-refractivity contribution < 1.29 is 8.78 Å². The van der Waals surface area contributed by atoms with Crippen molar-refractivity contribution in [1.82, 2.24) is 5.32 Å². The predicted octanol–water partition coefficient (Wildman–Crippen LogP) is 4.43. The highest BCUT2D eigenvalue weighted by Gasteiger charge is 2.16. The van der Waals surface area contributed by atoms with Crippen LogP contribution in [-0.2, 0) is 6.42 Å². The summed E-state index contributed by atoms with van der Waals surface area (Å²) < 4.78 is 27.3. The molecule has 1 nitrogen and oxygen atoms in total. The number of halogens is 3. The fraction of sp³-hybridized carbons (Fsp3) is 0.250. The van der Waals surface area contributed by atoms with Crippen LogP contribution >= 0.6 is 11.6 Å². The molecule has 0 radical (unpaired) electrons. The second-order valence-electron chi connectivity index (χ2n) is 4.81. The quantitative estimate of drug-likeness (QED) is 0.880. The van der Waals surface area contributed by atoms with Crippen molar-refractivity contribution in [2.45, 2.75) is 19.4 Å². The van der Waals surface area contributed by atoms with Crippen LogP contribution in [0.4, 0.5) is 8.78 Å². The summed E-state index contributed by atoms with van der Waals surface area (Å²) in [5.41, 5.74) is 2.08. The number of rotatable bonds is 4. The molecule has 0 spiro atoms. The van der Waals surface area contributed by atoms with Crippen LogP contribution in [0, 0.1) is 18.6 Å². The molecule has 0 aliphatic rings. The van der Waals surface area contributed by atoms with Crippen molar-refractivity contribution in [1.29, 1.82) is 0 Å². The molecule has 0 aliphatic heterocycles. The molecule has 0 amide bonds. The van der Waals surface area contributed by atoms with Crippen molar-refractivity contribution in [2.24, 2.45) is 0 Å². The van der Waals surface area contributed by atoms with E-state index >= 15 is 0 Å². The molecule has 106 valence electrons. The molecule has 0 saturated carbocycles. The first-order valence-electron chi connectivity index (χ1n) is 6.38. The lowest BCUT2D eigenvalue weighted by Gasteiger charge is -2.18. The van der Waals surface area contributed by atoms with Crippen molar-refractivity contribution in [2.75, 3.05) is 7.05 Å². The van der Waals surface area contributed by atoms with Crippen LogP contribution in [0.25, 0.3) is 0 Å². The Balaban J connectivity index is 2.31. The predicted molar refractivity (Wildman–Crippen MR) is 78.1 cm³/mol. The third kappa shape index (κ3) is 3.35. The molecule has 2 aromatic rings. The van der Waals surface area contributed by atoms with E-state index in [0.29, 0.717) is 22.6 Å². The van der Waals surface area contributed by atoms with Gasteiger partial charge < -0.3 is 5.32 Å². The van der Waals surface area contributed by atoms with Gasteiger partial charge in [-0.05, 0) is 55.8 Å². The first-order valence-corrected chi connectivity index (χ1v) is 6.76. The van der Waals surface area contributed by atoms with Crippen LogP contribution in [0.1, 0.15) is 22.7 Å². The molecular formula is C16H16ClF2N. The van der Waals surface area contributed by atoms with Crippen LogP contribution in [0.5, 0.6) is 0 Å². The van der Waals surface area contributed by atoms with Gasteiger partial charge in [-0.3, -0.25) is 0 Å². The Kier molecular flexibility index (Phi) is 4.73. The smallest absolute Gasteiger partial charge is 0.128 e. The van der Waals surface area contributed by atoms with Gasteiger partial charge in [0, 0.05) is 16.6 Å². The molecule has 0 aromatic heterocycles. The van der Waals surface area contributed by atoms with E-state index in [-0.39, 0.29) is 17.7 Å². The average Bonchev–Trinajstić information content (AvgIpc) is 2.40. The molecule has 2 rings (SSSR count). The Morgan fingerprint density at radius 3 is 2.55 bits per heavy atom. The summed E-state index contributed by atoms with van der Waals surface area (Å²) in [4.78, 5) is 0. The lowest BCUT2D eigenvalue weighted by Crippen LogP contribution is -2.20. The van der Waals surface area contributed by atoms with Crippen LogP contribution in [0.2, 0.25) is 5.02 Å². The lowest BCUT2D eigenvalue weighted by molar-refractivity contribution is 0.532. The van der Waals surface area contributed by atoms with E-state index in [2.05, 4.69) is 5.32 Å². The van der Waals surface area contributed by atoms with Crippen LogP contribution in [0.3, 0.4) is 0 Å². The molecule has 0 saturated heterocycles. The van der Waals surface area contributed by atoms with Gasteiger partial charge in [-0.25, -0.2) is 8.78 Å². The maximum atomic E-state index is 14.0. The number of hydrogen-bond donors (Lipinski definition) is 1. The van der Waals surface area contributed by atoms with Gasteiger partial charge in [-0.1, -0.05) is 23.7 Å². The molecule has 2 aromatic carbocycles. The minimum absolute atomic E-state index is 0.255. The van der Waals surface area contributed by atoms with E-state index in [9.17, 15) is 8.78 Å².